The lowest BCUT2D eigenvalue weighted by molar-refractivity contribution is -0.125. The Morgan fingerprint density at radius 1 is 1.00 bits per heavy atom. The minimum Gasteiger partial charge on any atom is -0.295 e. The fourth-order valence-corrected chi connectivity index (χ4v) is 0.776. The zero-order chi connectivity index (χ0) is 10.4. The molecule has 0 fully saturated rings. The summed E-state index contributed by atoms with van der Waals surface area (Å²) in [5.41, 5.74) is 3.93. The Hall–Kier alpha value is -1.18. The van der Waals surface area contributed by atoms with Crippen LogP contribution in [-0.2, 0) is 9.59 Å². The molecule has 13 heavy (non-hydrogen) atoms. The molecule has 0 rings (SSSR count). The molecule has 0 aromatic rings. The fraction of sp³-hybridized carbons (Fsp3) is 0.667. The van der Waals surface area contributed by atoms with Crippen LogP contribution in [0.4, 0.5) is 0 Å². The van der Waals surface area contributed by atoms with Crippen molar-refractivity contribution in [3.05, 3.63) is 0 Å². The van der Waals surface area contributed by atoms with Crippen LogP contribution in [0.3, 0.4) is 0 Å². The molecule has 0 saturated carbocycles. The molecular weight excluding hydrogens is 174 g/mol. The third-order valence-corrected chi connectivity index (χ3v) is 1.57. The summed E-state index contributed by atoms with van der Waals surface area (Å²) in [6.07, 6.45) is 0. The van der Waals surface area contributed by atoms with Crippen molar-refractivity contribution in [2.75, 3.05) is 0 Å². The Bertz CT molecular complexity index is 175. The molecule has 0 aliphatic heterocycles. The molecule has 7 heteroatoms. The predicted molar refractivity (Wildman–Crippen MR) is 46.7 cm³/mol. The van der Waals surface area contributed by atoms with Gasteiger partial charge in [-0.2, -0.15) is 0 Å². The van der Waals surface area contributed by atoms with Gasteiger partial charge in [-0.05, 0) is 13.8 Å². The molecule has 0 aromatic carbocycles. The van der Waals surface area contributed by atoms with E-state index < -0.39 is 23.9 Å². The first-order chi connectivity index (χ1) is 6.02. The Balaban J connectivity index is 3.98. The van der Waals surface area contributed by atoms with E-state index >= 15 is 0 Å². The number of nitrogens with two attached hydrogens (primary N) is 2. The summed E-state index contributed by atoms with van der Waals surface area (Å²) in [5, 5.41) is 2.70. The Labute approximate surface area is 76.2 Å². The van der Waals surface area contributed by atoms with Gasteiger partial charge in [-0.3, -0.25) is 25.8 Å². The van der Waals surface area contributed by atoms with E-state index in [1.165, 1.54) is 0 Å². The highest BCUT2D eigenvalue weighted by Gasteiger charge is 2.17. The molecule has 2 amide bonds. The second-order valence-corrected chi connectivity index (χ2v) is 2.63. The van der Waals surface area contributed by atoms with Crippen LogP contribution in [0.25, 0.3) is 0 Å². The fourth-order valence-electron chi connectivity index (χ4n) is 0.776. The van der Waals surface area contributed by atoms with Gasteiger partial charge < -0.3 is 0 Å². The number of amides is 2. The summed E-state index contributed by atoms with van der Waals surface area (Å²) in [4.78, 5) is 21.8. The lowest BCUT2D eigenvalue weighted by Gasteiger charge is -2.16. The van der Waals surface area contributed by atoms with Gasteiger partial charge in [0.25, 0.3) is 11.8 Å². The third kappa shape index (κ3) is 3.83. The highest BCUT2D eigenvalue weighted by Crippen LogP contribution is 1.86. The summed E-state index contributed by atoms with van der Waals surface area (Å²) in [6, 6.07) is -1.09. The minimum atomic E-state index is -0.544. The first kappa shape index (κ1) is 11.8. The number of hydrogen-bond donors (Lipinski definition) is 5. The van der Waals surface area contributed by atoms with Crippen molar-refractivity contribution in [2.45, 2.75) is 25.9 Å². The molecule has 2 unspecified atom stereocenters. The second kappa shape index (κ2) is 5.46. The van der Waals surface area contributed by atoms with Gasteiger partial charge >= 0.3 is 0 Å². The molecule has 2 atom stereocenters. The standard InChI is InChI=1S/C6H15N5O2/c1-3(5(12)10-7)9-4(2)6(13)11-8/h3-4,9H,7-8H2,1-2H3,(H,10,12)(H,11,13). The maximum absolute atomic E-state index is 10.9. The van der Waals surface area contributed by atoms with Crippen LogP contribution in [0.2, 0.25) is 0 Å². The van der Waals surface area contributed by atoms with E-state index in [0.717, 1.165) is 0 Å². The van der Waals surface area contributed by atoms with E-state index in [1.807, 2.05) is 10.9 Å². The van der Waals surface area contributed by atoms with Crippen LogP contribution in [0, 0.1) is 0 Å². The number of rotatable bonds is 4. The summed E-state index contributed by atoms with van der Waals surface area (Å²) in [5.74, 6) is 9.00. The highest BCUT2D eigenvalue weighted by atomic mass is 16.2. The molecule has 0 bridgehead atoms. The molecule has 0 heterocycles. The molecule has 0 aliphatic carbocycles. The van der Waals surface area contributed by atoms with Gasteiger partial charge in [0.05, 0.1) is 12.1 Å². The number of hydrazine groups is 2. The molecule has 0 aromatic heterocycles. The molecule has 76 valence electrons. The number of hydrogen-bond acceptors (Lipinski definition) is 5. The smallest absolute Gasteiger partial charge is 0.250 e. The second-order valence-electron chi connectivity index (χ2n) is 2.63. The van der Waals surface area contributed by atoms with E-state index in [2.05, 4.69) is 5.32 Å². The molecule has 7 N–H and O–H groups in total. The van der Waals surface area contributed by atoms with Crippen LogP contribution in [-0.4, -0.2) is 23.9 Å². The van der Waals surface area contributed by atoms with Gasteiger partial charge in [-0.25, -0.2) is 11.7 Å². The van der Waals surface area contributed by atoms with Crippen molar-refractivity contribution in [3.8, 4) is 0 Å². The van der Waals surface area contributed by atoms with Crippen molar-refractivity contribution in [3.63, 3.8) is 0 Å². The van der Waals surface area contributed by atoms with Crippen LogP contribution < -0.4 is 27.9 Å². The van der Waals surface area contributed by atoms with Crippen molar-refractivity contribution >= 4 is 11.8 Å². The summed E-state index contributed by atoms with van der Waals surface area (Å²) >= 11 is 0. The monoisotopic (exact) mass is 189 g/mol. The van der Waals surface area contributed by atoms with E-state index in [9.17, 15) is 9.59 Å². The lowest BCUT2D eigenvalue weighted by atomic mass is 10.2. The van der Waals surface area contributed by atoms with Crippen LogP contribution in [0.1, 0.15) is 13.8 Å². The van der Waals surface area contributed by atoms with Gasteiger partial charge in [0, 0.05) is 0 Å². The van der Waals surface area contributed by atoms with Gasteiger partial charge in [-0.15, -0.1) is 0 Å². The highest BCUT2D eigenvalue weighted by molar-refractivity contribution is 5.84. The topological polar surface area (TPSA) is 122 Å². The SMILES string of the molecule is CC(NC(C)C(=O)NN)C(=O)NN. The predicted octanol–water partition coefficient (Wildman–Crippen LogP) is -2.67. The third-order valence-electron chi connectivity index (χ3n) is 1.57. The molecule has 7 nitrogen and oxygen atoms in total. The zero-order valence-electron chi connectivity index (χ0n) is 7.63. The molecule has 0 aliphatic rings. The number of carbonyl (C=O) groups excluding carboxylic acids is 2. The van der Waals surface area contributed by atoms with Gasteiger partial charge in [0.2, 0.25) is 0 Å². The maximum Gasteiger partial charge on any atom is 0.250 e. The molecule has 0 saturated heterocycles. The average Bonchev–Trinajstić information content (AvgIpc) is 2.14. The van der Waals surface area contributed by atoms with Crippen molar-refractivity contribution in [1.29, 1.82) is 0 Å². The van der Waals surface area contributed by atoms with Gasteiger partial charge in [0.15, 0.2) is 0 Å². The molecular formula is C6H15N5O2. The first-order valence-electron chi connectivity index (χ1n) is 3.79. The van der Waals surface area contributed by atoms with E-state index in [0.29, 0.717) is 0 Å². The van der Waals surface area contributed by atoms with Gasteiger partial charge in [-0.1, -0.05) is 0 Å². The van der Waals surface area contributed by atoms with Crippen LogP contribution in [0.15, 0.2) is 0 Å². The van der Waals surface area contributed by atoms with Gasteiger partial charge in [0.1, 0.15) is 0 Å². The summed E-state index contributed by atoms with van der Waals surface area (Å²) < 4.78 is 0. The van der Waals surface area contributed by atoms with Crippen LogP contribution in [0.5, 0.6) is 0 Å². The Morgan fingerprint density at radius 2 is 1.31 bits per heavy atom. The van der Waals surface area contributed by atoms with Crippen molar-refractivity contribution in [2.24, 2.45) is 11.7 Å². The van der Waals surface area contributed by atoms with Crippen molar-refractivity contribution < 1.29 is 9.59 Å². The molecule has 0 spiro atoms. The Morgan fingerprint density at radius 3 is 1.54 bits per heavy atom. The Kier molecular flexibility index (Phi) is 4.97. The summed E-state index contributed by atoms with van der Waals surface area (Å²) in [6.45, 7) is 3.17. The normalized spacial score (nSPS) is 14.5. The lowest BCUT2D eigenvalue weighted by Crippen LogP contribution is -2.53. The average molecular weight is 189 g/mol. The summed E-state index contributed by atoms with van der Waals surface area (Å²) in [7, 11) is 0. The van der Waals surface area contributed by atoms with E-state index in [-0.39, 0.29) is 0 Å². The maximum atomic E-state index is 10.9. The number of nitrogens with one attached hydrogen (secondary N) is 3. The molecule has 0 radical (unpaired) electrons. The van der Waals surface area contributed by atoms with Crippen molar-refractivity contribution in [1.82, 2.24) is 16.2 Å². The van der Waals surface area contributed by atoms with Crippen LogP contribution >= 0.6 is 0 Å². The van der Waals surface area contributed by atoms with E-state index in [4.69, 9.17) is 11.7 Å². The minimum absolute atomic E-state index is 0.392. The first-order valence-corrected chi connectivity index (χ1v) is 3.79. The largest absolute Gasteiger partial charge is 0.295 e. The zero-order valence-corrected chi connectivity index (χ0v) is 7.63. The number of carbonyl (C=O) groups is 2. The van der Waals surface area contributed by atoms with E-state index in [1.54, 1.807) is 13.8 Å². The quantitative estimate of drug-likeness (QED) is 0.187.